The summed E-state index contributed by atoms with van der Waals surface area (Å²) in [5.74, 6) is -0.561. The first-order chi connectivity index (χ1) is 6.98. The molecule has 0 aliphatic carbocycles. The smallest absolute Gasteiger partial charge is 0.232 e. The van der Waals surface area contributed by atoms with Gasteiger partial charge in [0.05, 0.1) is 11.4 Å². The number of rotatable bonds is 4. The molecule has 0 spiro atoms. The third kappa shape index (κ3) is 3.17. The highest BCUT2D eigenvalue weighted by Gasteiger charge is 2.10. The van der Waals surface area contributed by atoms with Gasteiger partial charge in [0.2, 0.25) is 10.0 Å². The van der Waals surface area contributed by atoms with Crippen molar-refractivity contribution in [3.05, 3.63) is 29.6 Å². The highest BCUT2D eigenvalue weighted by Crippen LogP contribution is 2.18. The monoisotopic (exact) mass is 232 g/mol. The van der Waals surface area contributed by atoms with E-state index < -0.39 is 15.8 Å². The molecule has 0 aliphatic rings. The minimum Gasteiger partial charge on any atom is -0.326 e. The van der Waals surface area contributed by atoms with E-state index in [1.807, 2.05) is 0 Å². The van der Waals surface area contributed by atoms with Crippen LogP contribution in [-0.2, 0) is 16.6 Å². The second kappa shape index (κ2) is 4.59. The minimum atomic E-state index is -3.39. The Bertz CT molecular complexity index is 445. The number of benzene rings is 1. The van der Waals surface area contributed by atoms with Crippen molar-refractivity contribution in [1.29, 1.82) is 0 Å². The Morgan fingerprint density at radius 1 is 1.47 bits per heavy atom. The van der Waals surface area contributed by atoms with Crippen LogP contribution in [0.4, 0.5) is 10.1 Å². The zero-order chi connectivity index (χ0) is 11.5. The Labute approximate surface area is 88.3 Å². The molecule has 3 N–H and O–H groups in total. The molecule has 0 saturated carbocycles. The summed E-state index contributed by atoms with van der Waals surface area (Å²) in [6, 6.07) is 3.82. The molecule has 0 fully saturated rings. The van der Waals surface area contributed by atoms with E-state index in [2.05, 4.69) is 4.72 Å². The van der Waals surface area contributed by atoms with Crippen molar-refractivity contribution in [1.82, 2.24) is 0 Å². The summed E-state index contributed by atoms with van der Waals surface area (Å²) in [5, 5.41) is 0. The van der Waals surface area contributed by atoms with E-state index in [-0.39, 0.29) is 18.0 Å². The maximum absolute atomic E-state index is 12.9. The van der Waals surface area contributed by atoms with Gasteiger partial charge in [-0.05, 0) is 24.6 Å². The Balaban J connectivity index is 3.08. The van der Waals surface area contributed by atoms with Crippen LogP contribution in [0.15, 0.2) is 18.2 Å². The van der Waals surface area contributed by atoms with Crippen LogP contribution in [0.25, 0.3) is 0 Å². The molecule has 0 atom stereocenters. The molecule has 15 heavy (non-hydrogen) atoms. The van der Waals surface area contributed by atoms with Crippen LogP contribution in [0, 0.1) is 5.82 Å². The number of hydrogen-bond acceptors (Lipinski definition) is 3. The van der Waals surface area contributed by atoms with E-state index in [4.69, 9.17) is 5.73 Å². The number of nitrogens with one attached hydrogen (secondary N) is 1. The molecule has 0 bridgehead atoms. The van der Waals surface area contributed by atoms with Crippen LogP contribution < -0.4 is 10.5 Å². The number of sulfonamides is 1. The Hall–Kier alpha value is -1.14. The molecule has 1 aromatic rings. The minimum absolute atomic E-state index is 0.0620. The van der Waals surface area contributed by atoms with E-state index in [0.29, 0.717) is 5.56 Å². The first kappa shape index (κ1) is 11.9. The van der Waals surface area contributed by atoms with Gasteiger partial charge in [-0.25, -0.2) is 12.8 Å². The van der Waals surface area contributed by atoms with Gasteiger partial charge in [0.1, 0.15) is 5.82 Å². The van der Waals surface area contributed by atoms with Gasteiger partial charge in [-0.2, -0.15) is 0 Å². The number of anilines is 1. The summed E-state index contributed by atoms with van der Waals surface area (Å²) in [7, 11) is -3.39. The highest BCUT2D eigenvalue weighted by molar-refractivity contribution is 7.92. The van der Waals surface area contributed by atoms with Gasteiger partial charge in [-0.1, -0.05) is 6.07 Å². The fourth-order valence-electron chi connectivity index (χ4n) is 1.06. The summed E-state index contributed by atoms with van der Waals surface area (Å²) in [6.45, 7) is 1.66. The van der Waals surface area contributed by atoms with Crippen molar-refractivity contribution in [2.75, 3.05) is 10.5 Å². The number of nitrogens with two attached hydrogens (primary N) is 1. The predicted molar refractivity (Wildman–Crippen MR) is 57.4 cm³/mol. The van der Waals surface area contributed by atoms with Crippen molar-refractivity contribution in [3.63, 3.8) is 0 Å². The third-order valence-corrected chi connectivity index (χ3v) is 3.23. The second-order valence-corrected chi connectivity index (χ2v) is 5.02. The lowest BCUT2D eigenvalue weighted by molar-refractivity contribution is 0.602. The van der Waals surface area contributed by atoms with Gasteiger partial charge >= 0.3 is 0 Å². The standard InChI is InChI=1S/C9H13FN2O2S/c1-2-15(13,14)12-9-5-8(10)4-3-7(9)6-11/h3-5,12H,2,6,11H2,1H3. The molecule has 0 amide bonds. The molecule has 4 nitrogen and oxygen atoms in total. The SMILES string of the molecule is CCS(=O)(=O)Nc1cc(F)ccc1CN. The largest absolute Gasteiger partial charge is 0.326 e. The maximum Gasteiger partial charge on any atom is 0.232 e. The van der Waals surface area contributed by atoms with Crippen LogP contribution in [0.3, 0.4) is 0 Å². The van der Waals surface area contributed by atoms with Gasteiger partial charge in [0.15, 0.2) is 0 Å². The third-order valence-electron chi connectivity index (χ3n) is 1.94. The lowest BCUT2D eigenvalue weighted by atomic mass is 10.2. The van der Waals surface area contributed by atoms with E-state index in [0.717, 1.165) is 6.07 Å². The topological polar surface area (TPSA) is 72.2 Å². The highest BCUT2D eigenvalue weighted by atomic mass is 32.2. The van der Waals surface area contributed by atoms with Crippen molar-refractivity contribution in [2.45, 2.75) is 13.5 Å². The summed E-state index contributed by atoms with van der Waals surface area (Å²) in [5.41, 5.74) is 6.17. The summed E-state index contributed by atoms with van der Waals surface area (Å²) >= 11 is 0. The molecule has 1 rings (SSSR count). The van der Waals surface area contributed by atoms with Crippen molar-refractivity contribution in [3.8, 4) is 0 Å². The fourth-order valence-corrected chi connectivity index (χ4v) is 1.73. The maximum atomic E-state index is 12.9. The van der Waals surface area contributed by atoms with Crippen molar-refractivity contribution in [2.24, 2.45) is 5.73 Å². The molecular weight excluding hydrogens is 219 g/mol. The molecule has 0 unspecified atom stereocenters. The van der Waals surface area contributed by atoms with E-state index in [1.54, 1.807) is 0 Å². The van der Waals surface area contributed by atoms with Gasteiger partial charge < -0.3 is 5.73 Å². The van der Waals surface area contributed by atoms with Crippen molar-refractivity contribution < 1.29 is 12.8 Å². The second-order valence-electron chi connectivity index (χ2n) is 3.01. The molecule has 1 aromatic carbocycles. The molecule has 0 heterocycles. The first-order valence-corrected chi connectivity index (χ1v) is 6.12. The summed E-state index contributed by atoms with van der Waals surface area (Å²) < 4.78 is 37.7. The molecule has 0 aromatic heterocycles. The molecule has 0 aliphatic heterocycles. The molecule has 0 radical (unpaired) electrons. The molecule has 84 valence electrons. The predicted octanol–water partition coefficient (Wildman–Crippen LogP) is 1.05. The van der Waals surface area contributed by atoms with E-state index >= 15 is 0 Å². The van der Waals surface area contributed by atoms with Gasteiger partial charge in [-0.15, -0.1) is 0 Å². The van der Waals surface area contributed by atoms with Crippen LogP contribution in [0.2, 0.25) is 0 Å². The summed E-state index contributed by atoms with van der Waals surface area (Å²) in [4.78, 5) is 0. The fraction of sp³-hybridized carbons (Fsp3) is 0.333. The van der Waals surface area contributed by atoms with E-state index in [9.17, 15) is 12.8 Å². The van der Waals surface area contributed by atoms with Crippen LogP contribution in [-0.4, -0.2) is 14.2 Å². The molecule has 0 saturated heterocycles. The van der Waals surface area contributed by atoms with Gasteiger partial charge in [0.25, 0.3) is 0 Å². The van der Waals surface area contributed by atoms with Gasteiger partial charge in [0, 0.05) is 6.54 Å². The van der Waals surface area contributed by atoms with Gasteiger partial charge in [-0.3, -0.25) is 4.72 Å². The Morgan fingerprint density at radius 3 is 2.67 bits per heavy atom. The van der Waals surface area contributed by atoms with Crippen molar-refractivity contribution >= 4 is 15.7 Å². The Kier molecular flexibility index (Phi) is 3.65. The van der Waals surface area contributed by atoms with E-state index in [1.165, 1.54) is 19.1 Å². The Morgan fingerprint density at radius 2 is 2.13 bits per heavy atom. The number of hydrogen-bond donors (Lipinski definition) is 2. The normalized spacial score (nSPS) is 11.4. The summed E-state index contributed by atoms with van der Waals surface area (Å²) in [6.07, 6.45) is 0. The molecular formula is C9H13FN2O2S. The zero-order valence-corrected chi connectivity index (χ0v) is 9.14. The van der Waals surface area contributed by atoms with Crippen LogP contribution in [0.5, 0.6) is 0 Å². The zero-order valence-electron chi connectivity index (χ0n) is 8.33. The van der Waals surface area contributed by atoms with Crippen LogP contribution in [0.1, 0.15) is 12.5 Å². The lowest BCUT2D eigenvalue weighted by Crippen LogP contribution is -2.16. The molecule has 6 heteroatoms. The quantitative estimate of drug-likeness (QED) is 0.815. The lowest BCUT2D eigenvalue weighted by Gasteiger charge is -2.10. The number of halogens is 1. The average molecular weight is 232 g/mol. The average Bonchev–Trinajstić information content (AvgIpc) is 2.18. The first-order valence-electron chi connectivity index (χ1n) is 4.47. The van der Waals surface area contributed by atoms with Crippen LogP contribution >= 0.6 is 0 Å².